The molecule has 0 radical (unpaired) electrons. The van der Waals surface area contributed by atoms with E-state index in [-0.39, 0.29) is 24.7 Å². The van der Waals surface area contributed by atoms with E-state index in [2.05, 4.69) is 0 Å². The number of nitrogens with one attached hydrogen (secondary N) is 1. The van der Waals surface area contributed by atoms with E-state index in [1.807, 2.05) is 0 Å². The number of amides is 3. The van der Waals surface area contributed by atoms with Gasteiger partial charge in [-0.1, -0.05) is 24.3 Å². The molecule has 0 bridgehead atoms. The Bertz CT molecular complexity index is 948. The van der Waals surface area contributed by atoms with Crippen LogP contribution in [0.15, 0.2) is 42.5 Å². The van der Waals surface area contributed by atoms with Crippen LogP contribution in [-0.2, 0) is 11.3 Å². The van der Waals surface area contributed by atoms with Gasteiger partial charge in [-0.15, -0.1) is 0 Å². The zero-order valence-electron chi connectivity index (χ0n) is 16.2. The molecule has 3 amide bonds. The van der Waals surface area contributed by atoms with Gasteiger partial charge >= 0.3 is 6.03 Å². The molecule has 2 aromatic carbocycles. The van der Waals surface area contributed by atoms with Crippen LogP contribution in [0.3, 0.4) is 0 Å². The average Bonchev–Trinajstić information content (AvgIpc) is 2.98. The van der Waals surface area contributed by atoms with Gasteiger partial charge in [0.25, 0.3) is 5.91 Å². The highest BCUT2D eigenvalue weighted by Gasteiger charge is 2.34. The summed E-state index contributed by atoms with van der Waals surface area (Å²) in [6, 6.07) is 10.2. The number of ether oxygens (including phenoxy) is 2. The van der Waals surface area contributed by atoms with E-state index in [1.165, 1.54) is 18.2 Å². The third-order valence-corrected chi connectivity index (χ3v) is 5.34. The van der Waals surface area contributed by atoms with Crippen molar-refractivity contribution in [3.63, 3.8) is 0 Å². The third-order valence-electron chi connectivity index (χ3n) is 5.34. The molecular formula is C21H22FN3O5. The van der Waals surface area contributed by atoms with E-state index in [1.54, 1.807) is 39.5 Å². The fourth-order valence-corrected chi connectivity index (χ4v) is 3.72. The first-order chi connectivity index (χ1) is 14.6. The summed E-state index contributed by atoms with van der Waals surface area (Å²) >= 11 is 0. The second-order valence-electron chi connectivity index (χ2n) is 7.12. The highest BCUT2D eigenvalue weighted by molar-refractivity contribution is 5.93. The number of hydrogen-bond donors (Lipinski definition) is 2. The quantitative estimate of drug-likeness (QED) is 0.580. The summed E-state index contributed by atoms with van der Waals surface area (Å²) in [5.74, 6) is -0.676. The van der Waals surface area contributed by atoms with Gasteiger partial charge in [0.15, 0.2) is 0 Å². The van der Waals surface area contributed by atoms with Crippen LogP contribution in [-0.4, -0.2) is 59.9 Å². The number of carbonyl (C=O) groups excluding carboxylic acids is 2. The number of nitrogens with zero attached hydrogens (tertiary/aromatic N) is 2. The molecule has 2 heterocycles. The average molecular weight is 415 g/mol. The Morgan fingerprint density at radius 1 is 1.13 bits per heavy atom. The van der Waals surface area contributed by atoms with Crippen LogP contribution >= 0.6 is 0 Å². The highest BCUT2D eigenvalue weighted by Crippen LogP contribution is 2.34. The second-order valence-corrected chi connectivity index (χ2v) is 7.12. The van der Waals surface area contributed by atoms with Gasteiger partial charge in [-0.3, -0.25) is 10.0 Å². The lowest BCUT2D eigenvalue weighted by Crippen LogP contribution is -2.49. The minimum Gasteiger partial charge on any atom is -0.491 e. The molecule has 0 saturated carbocycles. The minimum atomic E-state index is -0.669. The largest absolute Gasteiger partial charge is 0.491 e. The van der Waals surface area contributed by atoms with Gasteiger partial charge in [0.2, 0.25) is 0 Å². The van der Waals surface area contributed by atoms with E-state index in [9.17, 15) is 14.0 Å². The lowest BCUT2D eigenvalue weighted by molar-refractivity contribution is 0.0359. The van der Waals surface area contributed by atoms with E-state index < -0.39 is 17.8 Å². The topological polar surface area (TPSA) is 91.3 Å². The van der Waals surface area contributed by atoms with Crippen LogP contribution in [0.5, 0.6) is 5.75 Å². The zero-order chi connectivity index (χ0) is 21.1. The zero-order valence-corrected chi connectivity index (χ0v) is 16.2. The molecule has 2 aromatic rings. The molecule has 2 N–H and O–H groups in total. The molecule has 0 aromatic heterocycles. The summed E-state index contributed by atoms with van der Waals surface area (Å²) in [5.41, 5.74) is 2.85. The Labute approximate surface area is 172 Å². The van der Waals surface area contributed by atoms with E-state index in [0.29, 0.717) is 43.2 Å². The molecule has 0 aliphatic carbocycles. The van der Waals surface area contributed by atoms with Crippen molar-refractivity contribution in [2.24, 2.45) is 0 Å². The summed E-state index contributed by atoms with van der Waals surface area (Å²) in [7, 11) is 0. The molecule has 158 valence electrons. The molecule has 30 heavy (non-hydrogen) atoms. The summed E-state index contributed by atoms with van der Waals surface area (Å²) < 4.78 is 25.9. The molecule has 2 aliphatic rings. The van der Waals surface area contributed by atoms with Gasteiger partial charge in [-0.25, -0.2) is 14.7 Å². The van der Waals surface area contributed by atoms with Crippen LogP contribution in [0.4, 0.5) is 9.18 Å². The standard InChI is InChI=1S/C21H22FN3O5/c22-17-4-2-1-3-16(17)18-13-30-19-11-14(20(26)23-28)5-6-15(19)12-25(18)21(27)24-7-9-29-10-8-24/h1-6,11,18,28H,7-10,12-13H2,(H,23,26). The van der Waals surface area contributed by atoms with Crippen molar-refractivity contribution in [2.75, 3.05) is 32.9 Å². The van der Waals surface area contributed by atoms with Crippen LogP contribution in [0.25, 0.3) is 0 Å². The molecule has 0 spiro atoms. The number of rotatable bonds is 2. The van der Waals surface area contributed by atoms with Crippen molar-refractivity contribution in [1.29, 1.82) is 0 Å². The number of urea groups is 1. The van der Waals surface area contributed by atoms with Gasteiger partial charge in [0.1, 0.15) is 18.2 Å². The van der Waals surface area contributed by atoms with Gasteiger partial charge in [-0.05, 0) is 18.2 Å². The fraction of sp³-hybridized carbons (Fsp3) is 0.333. The van der Waals surface area contributed by atoms with Gasteiger partial charge in [-0.2, -0.15) is 0 Å². The number of hydrogen-bond acceptors (Lipinski definition) is 5. The first-order valence-electron chi connectivity index (χ1n) is 9.66. The van der Waals surface area contributed by atoms with Gasteiger partial charge in [0, 0.05) is 29.8 Å². The maximum atomic E-state index is 14.6. The van der Waals surface area contributed by atoms with Crippen molar-refractivity contribution >= 4 is 11.9 Å². The molecular weight excluding hydrogens is 393 g/mol. The summed E-state index contributed by atoms with van der Waals surface area (Å²) in [5, 5.41) is 8.88. The first-order valence-corrected chi connectivity index (χ1v) is 9.66. The van der Waals surface area contributed by atoms with Crippen molar-refractivity contribution < 1.29 is 28.7 Å². The Hall–Kier alpha value is -3.17. The molecule has 1 unspecified atom stereocenters. The summed E-state index contributed by atoms with van der Waals surface area (Å²) in [6.45, 7) is 2.04. The van der Waals surface area contributed by atoms with Crippen LogP contribution < -0.4 is 10.2 Å². The second kappa shape index (κ2) is 8.68. The maximum absolute atomic E-state index is 14.6. The SMILES string of the molecule is O=C(NO)c1ccc2c(c1)OCC(c1ccccc1F)N(C(=O)N1CCOCC1)C2. The lowest BCUT2D eigenvalue weighted by atomic mass is 10.0. The van der Waals surface area contributed by atoms with E-state index in [4.69, 9.17) is 14.7 Å². The molecule has 8 nitrogen and oxygen atoms in total. The van der Waals surface area contributed by atoms with Crippen LogP contribution in [0.1, 0.15) is 27.5 Å². The number of hydroxylamine groups is 1. The van der Waals surface area contributed by atoms with Crippen molar-refractivity contribution in [1.82, 2.24) is 15.3 Å². The smallest absolute Gasteiger partial charge is 0.321 e. The van der Waals surface area contributed by atoms with E-state index >= 15 is 0 Å². The van der Waals surface area contributed by atoms with Gasteiger partial charge in [0.05, 0.1) is 25.8 Å². The van der Waals surface area contributed by atoms with Crippen LogP contribution in [0, 0.1) is 5.82 Å². The van der Waals surface area contributed by atoms with Gasteiger partial charge < -0.3 is 19.3 Å². The van der Waals surface area contributed by atoms with Crippen molar-refractivity contribution in [2.45, 2.75) is 12.6 Å². The predicted octanol–water partition coefficient (Wildman–Crippen LogP) is 2.33. The number of halogens is 1. The van der Waals surface area contributed by atoms with Crippen molar-refractivity contribution in [3.05, 3.63) is 65.0 Å². The summed E-state index contributed by atoms with van der Waals surface area (Å²) in [6.07, 6.45) is 0. The Kier molecular flexibility index (Phi) is 5.82. The normalized spacial score (nSPS) is 18.8. The highest BCUT2D eigenvalue weighted by atomic mass is 19.1. The Morgan fingerprint density at radius 2 is 1.90 bits per heavy atom. The summed E-state index contributed by atoms with van der Waals surface area (Å²) in [4.78, 5) is 28.4. The first kappa shape index (κ1) is 20.1. The van der Waals surface area contributed by atoms with E-state index in [0.717, 1.165) is 0 Å². The molecule has 1 fully saturated rings. The number of morpholine rings is 1. The molecule has 1 saturated heterocycles. The fourth-order valence-electron chi connectivity index (χ4n) is 3.72. The van der Waals surface area contributed by atoms with Crippen molar-refractivity contribution in [3.8, 4) is 5.75 Å². The van der Waals surface area contributed by atoms with Crippen LogP contribution in [0.2, 0.25) is 0 Å². The maximum Gasteiger partial charge on any atom is 0.321 e. The predicted molar refractivity (Wildman–Crippen MR) is 104 cm³/mol. The Morgan fingerprint density at radius 3 is 2.63 bits per heavy atom. The molecule has 2 aliphatic heterocycles. The number of benzene rings is 2. The number of fused-ring (bicyclic) bond motifs is 1. The Balaban J connectivity index is 1.71. The third kappa shape index (κ3) is 3.94. The molecule has 1 atom stereocenters. The molecule has 4 rings (SSSR count). The lowest BCUT2D eigenvalue weighted by Gasteiger charge is -2.36. The molecule has 9 heteroatoms. The minimum absolute atomic E-state index is 0.0220. The monoisotopic (exact) mass is 415 g/mol. The number of carbonyl (C=O) groups is 2.